The van der Waals surface area contributed by atoms with E-state index in [0.717, 1.165) is 23.1 Å². The summed E-state index contributed by atoms with van der Waals surface area (Å²) in [6.45, 7) is 9.34. The Hall–Kier alpha value is -2.98. The Morgan fingerprint density at radius 3 is 1.86 bits per heavy atom. The van der Waals surface area contributed by atoms with Crippen molar-refractivity contribution in [1.82, 2.24) is 9.90 Å². The highest BCUT2D eigenvalue weighted by molar-refractivity contribution is 6.74. The van der Waals surface area contributed by atoms with Gasteiger partial charge in [-0.15, -0.1) is 0 Å². The summed E-state index contributed by atoms with van der Waals surface area (Å²) in [6.07, 6.45) is 0.991. The highest BCUT2D eigenvalue weighted by Gasteiger charge is 2.32. The lowest BCUT2D eigenvalue weighted by Gasteiger charge is -2.15. The summed E-state index contributed by atoms with van der Waals surface area (Å²) in [5, 5.41) is 5.14. The standard InChI is InChI=1S/C25H28N3Si/c1-20-15-17-23(18-16-20)28-26-24(21-11-7-5-8-12-21)25(22-13-9-6-10-14-22)27(28)19-29(2,3)4/h5-18H,19H2,1-4H3/q+1. The Morgan fingerprint density at radius 2 is 1.31 bits per heavy atom. The summed E-state index contributed by atoms with van der Waals surface area (Å²) in [5.41, 5.74) is 6.89. The summed E-state index contributed by atoms with van der Waals surface area (Å²) in [7, 11) is -1.42. The van der Waals surface area contributed by atoms with E-state index >= 15 is 0 Å². The zero-order valence-corrected chi connectivity index (χ0v) is 18.6. The van der Waals surface area contributed by atoms with Crippen LogP contribution in [0.15, 0.2) is 84.9 Å². The Kier molecular flexibility index (Phi) is 5.20. The van der Waals surface area contributed by atoms with Crippen LogP contribution in [0.4, 0.5) is 0 Å². The van der Waals surface area contributed by atoms with E-state index in [1.54, 1.807) is 0 Å². The van der Waals surface area contributed by atoms with Crippen molar-refractivity contribution in [2.24, 2.45) is 0 Å². The molecule has 0 saturated heterocycles. The van der Waals surface area contributed by atoms with Crippen LogP contribution in [0.3, 0.4) is 0 Å². The number of aryl methyl sites for hydroxylation is 1. The van der Waals surface area contributed by atoms with Gasteiger partial charge in [0.15, 0.2) is 0 Å². The van der Waals surface area contributed by atoms with Gasteiger partial charge in [0.05, 0.1) is 19.3 Å². The van der Waals surface area contributed by atoms with Crippen LogP contribution in [0, 0.1) is 6.92 Å². The van der Waals surface area contributed by atoms with Crippen molar-refractivity contribution in [3.63, 3.8) is 0 Å². The summed E-state index contributed by atoms with van der Waals surface area (Å²) in [4.78, 5) is 2.10. The van der Waals surface area contributed by atoms with E-state index in [2.05, 4.69) is 121 Å². The molecule has 0 bridgehead atoms. The van der Waals surface area contributed by atoms with Crippen molar-refractivity contribution < 1.29 is 4.68 Å². The van der Waals surface area contributed by atoms with Crippen molar-refractivity contribution in [1.29, 1.82) is 0 Å². The molecule has 3 aromatic carbocycles. The molecule has 4 heteroatoms. The van der Waals surface area contributed by atoms with Gasteiger partial charge in [-0.3, -0.25) is 0 Å². The summed E-state index contributed by atoms with van der Waals surface area (Å²) in [5.74, 6) is 0. The molecule has 0 saturated carbocycles. The third-order valence-electron chi connectivity index (χ3n) is 4.89. The molecule has 0 spiro atoms. The molecule has 0 amide bonds. The first-order valence-electron chi connectivity index (χ1n) is 10.1. The van der Waals surface area contributed by atoms with Gasteiger partial charge in [0, 0.05) is 11.1 Å². The minimum absolute atomic E-state index is 0.991. The van der Waals surface area contributed by atoms with Crippen LogP contribution < -0.4 is 4.68 Å². The molecule has 3 nitrogen and oxygen atoms in total. The molecular weight excluding hydrogens is 370 g/mol. The maximum Gasteiger partial charge on any atom is 0.257 e. The van der Waals surface area contributed by atoms with Gasteiger partial charge in [-0.1, -0.05) is 98.0 Å². The normalized spacial score (nSPS) is 11.6. The average Bonchev–Trinajstić information content (AvgIpc) is 3.07. The Balaban J connectivity index is 2.03. The van der Waals surface area contributed by atoms with Crippen molar-refractivity contribution in [2.45, 2.75) is 32.7 Å². The van der Waals surface area contributed by atoms with Gasteiger partial charge in [-0.05, 0) is 23.9 Å². The van der Waals surface area contributed by atoms with E-state index < -0.39 is 8.07 Å². The lowest BCUT2D eigenvalue weighted by molar-refractivity contribution is -0.746. The molecular formula is C25H28N3Si+. The van der Waals surface area contributed by atoms with Gasteiger partial charge in [0.1, 0.15) is 5.69 Å². The van der Waals surface area contributed by atoms with Gasteiger partial charge in [-0.2, -0.15) is 4.68 Å². The third kappa shape index (κ3) is 4.22. The molecule has 0 aliphatic rings. The molecule has 146 valence electrons. The minimum Gasteiger partial charge on any atom is -0.151 e. The van der Waals surface area contributed by atoms with E-state index in [0.29, 0.717) is 0 Å². The first-order chi connectivity index (χ1) is 13.9. The second kappa shape index (κ2) is 7.80. The first-order valence-corrected chi connectivity index (χ1v) is 13.8. The molecule has 0 fully saturated rings. The van der Waals surface area contributed by atoms with Crippen molar-refractivity contribution in [2.75, 3.05) is 0 Å². The predicted molar refractivity (Wildman–Crippen MR) is 123 cm³/mol. The fourth-order valence-electron chi connectivity index (χ4n) is 3.56. The third-order valence-corrected chi connectivity index (χ3v) is 6.14. The Labute approximate surface area is 174 Å². The fraction of sp³-hybridized carbons (Fsp3) is 0.200. The first kappa shape index (κ1) is 19.3. The highest BCUT2D eigenvalue weighted by atomic mass is 28.3. The smallest absolute Gasteiger partial charge is 0.151 e. The van der Waals surface area contributed by atoms with E-state index in [9.17, 15) is 0 Å². The number of aromatic nitrogens is 3. The zero-order chi connectivity index (χ0) is 20.4. The van der Waals surface area contributed by atoms with Gasteiger partial charge >= 0.3 is 0 Å². The van der Waals surface area contributed by atoms with Crippen LogP contribution >= 0.6 is 0 Å². The number of benzene rings is 3. The van der Waals surface area contributed by atoms with Crippen LogP contribution in [-0.2, 0) is 6.17 Å². The molecule has 1 heterocycles. The minimum atomic E-state index is -1.42. The second-order valence-corrected chi connectivity index (χ2v) is 14.2. The zero-order valence-electron chi connectivity index (χ0n) is 17.6. The number of hydrogen-bond donors (Lipinski definition) is 0. The predicted octanol–water partition coefficient (Wildman–Crippen LogP) is 5.68. The van der Waals surface area contributed by atoms with Crippen LogP contribution in [0.2, 0.25) is 19.6 Å². The van der Waals surface area contributed by atoms with Crippen molar-refractivity contribution >= 4 is 8.07 Å². The monoisotopic (exact) mass is 398 g/mol. The summed E-state index contributed by atoms with van der Waals surface area (Å²) in [6, 6.07) is 29.8. The van der Waals surface area contributed by atoms with E-state index in [-0.39, 0.29) is 0 Å². The molecule has 0 aliphatic carbocycles. The maximum absolute atomic E-state index is 5.14. The fourth-order valence-corrected chi connectivity index (χ4v) is 4.75. The van der Waals surface area contributed by atoms with E-state index in [4.69, 9.17) is 5.10 Å². The maximum atomic E-state index is 5.14. The number of hydrogen-bond acceptors (Lipinski definition) is 1. The van der Waals surface area contributed by atoms with Gasteiger partial charge in [0.2, 0.25) is 5.69 Å². The van der Waals surface area contributed by atoms with E-state index in [1.165, 1.54) is 16.8 Å². The number of rotatable bonds is 5. The molecule has 4 rings (SSSR count). The van der Waals surface area contributed by atoms with E-state index in [1.807, 2.05) is 0 Å². The lowest BCUT2D eigenvalue weighted by atomic mass is 10.1. The quantitative estimate of drug-likeness (QED) is 0.313. The van der Waals surface area contributed by atoms with Crippen LogP contribution in [-0.4, -0.2) is 18.0 Å². The van der Waals surface area contributed by atoms with Crippen LogP contribution in [0.1, 0.15) is 5.56 Å². The summed E-state index contributed by atoms with van der Waals surface area (Å²) >= 11 is 0. The van der Waals surface area contributed by atoms with Gasteiger partial charge in [0.25, 0.3) is 5.69 Å². The van der Waals surface area contributed by atoms with Crippen molar-refractivity contribution in [3.8, 4) is 28.2 Å². The molecule has 0 aliphatic heterocycles. The molecule has 0 N–H and O–H groups in total. The molecule has 29 heavy (non-hydrogen) atoms. The van der Waals surface area contributed by atoms with Gasteiger partial charge < -0.3 is 0 Å². The molecule has 0 radical (unpaired) electrons. The average molecular weight is 399 g/mol. The lowest BCUT2D eigenvalue weighted by Crippen LogP contribution is -2.52. The van der Waals surface area contributed by atoms with Crippen LogP contribution in [0.25, 0.3) is 28.2 Å². The van der Waals surface area contributed by atoms with Crippen molar-refractivity contribution in [3.05, 3.63) is 90.5 Å². The highest BCUT2D eigenvalue weighted by Crippen LogP contribution is 2.29. The molecule has 0 atom stereocenters. The largest absolute Gasteiger partial charge is 0.257 e. The Morgan fingerprint density at radius 1 is 0.759 bits per heavy atom. The molecule has 1 aromatic heterocycles. The molecule has 0 unspecified atom stereocenters. The topological polar surface area (TPSA) is 21.7 Å². The van der Waals surface area contributed by atoms with Gasteiger partial charge in [-0.25, -0.2) is 0 Å². The second-order valence-electron chi connectivity index (χ2n) is 8.77. The number of nitrogens with zero attached hydrogens (tertiary/aromatic N) is 3. The molecule has 4 aromatic rings. The SMILES string of the molecule is Cc1ccc(-n2nc(-c3ccccc3)c(-c3ccccc3)[n+]2C[Si](C)(C)C)cc1. The Bertz CT molecular complexity index is 1090. The van der Waals surface area contributed by atoms with Crippen LogP contribution in [0.5, 0.6) is 0 Å². The summed E-state index contributed by atoms with van der Waals surface area (Å²) < 4.78 is 2.38.